The van der Waals surface area contributed by atoms with Crippen LogP contribution in [0.4, 0.5) is 0 Å². The number of benzene rings is 2. The molecule has 3 nitrogen and oxygen atoms in total. The van der Waals surface area contributed by atoms with Crippen LogP contribution in [0.2, 0.25) is 0 Å². The molecule has 2 aromatic rings. The zero-order chi connectivity index (χ0) is 19.7. The van der Waals surface area contributed by atoms with E-state index in [0.717, 1.165) is 23.4 Å². The predicted octanol–water partition coefficient (Wildman–Crippen LogP) is 4.47. The maximum Gasteiger partial charge on any atom is 0.226 e. The van der Waals surface area contributed by atoms with Gasteiger partial charge in [0.15, 0.2) is 0 Å². The van der Waals surface area contributed by atoms with Gasteiger partial charge in [-0.25, -0.2) is 0 Å². The molecule has 28 heavy (non-hydrogen) atoms. The summed E-state index contributed by atoms with van der Waals surface area (Å²) in [5, 5.41) is 0. The summed E-state index contributed by atoms with van der Waals surface area (Å²) in [5.74, 6) is 1.86. The molecule has 2 saturated carbocycles. The highest BCUT2D eigenvalue weighted by atomic mass is 16.2. The first-order valence-electron chi connectivity index (χ1n) is 10.6. The number of amides is 1. The van der Waals surface area contributed by atoms with Crippen LogP contribution in [0.3, 0.4) is 0 Å². The quantitative estimate of drug-likeness (QED) is 0.768. The molecule has 2 unspecified atom stereocenters. The fourth-order valence-corrected chi connectivity index (χ4v) is 5.24. The zero-order valence-electron chi connectivity index (χ0n) is 17.3. The van der Waals surface area contributed by atoms with E-state index >= 15 is 0 Å². The minimum atomic E-state index is 0.251. The van der Waals surface area contributed by atoms with Gasteiger partial charge >= 0.3 is 0 Å². The fraction of sp³-hybridized carbons (Fsp3) is 0.480. The van der Waals surface area contributed by atoms with Crippen LogP contribution in [0.25, 0.3) is 11.1 Å². The van der Waals surface area contributed by atoms with Crippen LogP contribution in [0.1, 0.15) is 31.2 Å². The first kappa shape index (κ1) is 19.2. The molecule has 0 bridgehead atoms. The number of nitrogens with zero attached hydrogens (tertiary/aromatic N) is 2. The van der Waals surface area contributed by atoms with Gasteiger partial charge in [-0.1, -0.05) is 54.6 Å². The molecule has 4 atom stereocenters. The molecular weight excluding hydrogens is 344 g/mol. The highest BCUT2D eigenvalue weighted by molar-refractivity contribution is 5.79. The summed E-state index contributed by atoms with van der Waals surface area (Å²) in [4.78, 5) is 17.3. The zero-order valence-corrected chi connectivity index (χ0v) is 17.3. The molecule has 0 radical (unpaired) electrons. The lowest BCUT2D eigenvalue weighted by molar-refractivity contribution is -0.131. The lowest BCUT2D eigenvalue weighted by atomic mass is 10.0. The lowest BCUT2D eigenvalue weighted by Crippen LogP contribution is -2.37. The van der Waals surface area contributed by atoms with Crippen molar-refractivity contribution in [3.8, 4) is 11.1 Å². The molecular formula is C25H32N2O. The summed E-state index contributed by atoms with van der Waals surface area (Å²) in [6.07, 6.45) is 5.47. The number of fused-ring (bicyclic) bond motifs is 1. The van der Waals surface area contributed by atoms with Gasteiger partial charge in [0.2, 0.25) is 5.91 Å². The minimum absolute atomic E-state index is 0.251. The van der Waals surface area contributed by atoms with Gasteiger partial charge in [0.1, 0.15) is 0 Å². The van der Waals surface area contributed by atoms with E-state index in [1.807, 2.05) is 18.0 Å². The van der Waals surface area contributed by atoms with Gasteiger partial charge in [0.05, 0.1) is 6.42 Å². The average molecular weight is 377 g/mol. The highest BCUT2D eigenvalue weighted by Gasteiger charge is 2.43. The van der Waals surface area contributed by atoms with E-state index in [-0.39, 0.29) is 5.91 Å². The molecule has 4 rings (SSSR count). The molecule has 2 aliphatic rings. The lowest BCUT2D eigenvalue weighted by Gasteiger charge is -2.27. The van der Waals surface area contributed by atoms with Crippen molar-refractivity contribution in [2.24, 2.45) is 11.8 Å². The number of hydrogen-bond donors (Lipinski definition) is 0. The van der Waals surface area contributed by atoms with Crippen LogP contribution in [0.15, 0.2) is 54.6 Å². The van der Waals surface area contributed by atoms with Crippen molar-refractivity contribution in [3.05, 3.63) is 60.2 Å². The van der Waals surface area contributed by atoms with Crippen LogP contribution in [0.5, 0.6) is 0 Å². The molecule has 2 aromatic carbocycles. The molecule has 0 heterocycles. The standard InChI is InChI=1S/C25H32N2O/c1-26(2)23-14-21-16-24(17-22(21)15-23)27(3)25(28)13-18-9-11-20(12-10-18)19-7-5-4-6-8-19/h4-12,21-24H,13-17H2,1-3H3/t21-,22+,23?,24?. The van der Waals surface area contributed by atoms with Crippen molar-refractivity contribution in [3.63, 3.8) is 0 Å². The molecule has 2 aliphatic carbocycles. The number of likely N-dealkylation sites (N-methyl/N-ethyl adjacent to an activating group) is 1. The SMILES string of the molecule is CN(C)C1C[C@@H]2CC(N(C)C(=O)Cc3ccc(-c4ccccc4)cc3)C[C@@H]2C1. The summed E-state index contributed by atoms with van der Waals surface area (Å²) in [6.45, 7) is 0. The van der Waals surface area contributed by atoms with E-state index in [1.165, 1.54) is 36.8 Å². The van der Waals surface area contributed by atoms with Gasteiger partial charge < -0.3 is 9.80 Å². The average Bonchev–Trinajstić information content (AvgIpc) is 3.28. The summed E-state index contributed by atoms with van der Waals surface area (Å²) in [6, 6.07) is 20.0. The summed E-state index contributed by atoms with van der Waals surface area (Å²) in [7, 11) is 6.40. The highest BCUT2D eigenvalue weighted by Crippen LogP contribution is 2.46. The number of carbonyl (C=O) groups is 1. The fourth-order valence-electron chi connectivity index (χ4n) is 5.24. The maximum atomic E-state index is 12.9. The number of carbonyl (C=O) groups excluding carboxylic acids is 1. The third-order valence-electron chi connectivity index (χ3n) is 7.05. The van der Waals surface area contributed by atoms with Gasteiger partial charge in [-0.05, 0) is 68.3 Å². The molecule has 0 N–H and O–H groups in total. The Labute approximate surface area is 169 Å². The predicted molar refractivity (Wildman–Crippen MR) is 115 cm³/mol. The van der Waals surface area contributed by atoms with E-state index in [0.29, 0.717) is 12.5 Å². The molecule has 2 fully saturated rings. The van der Waals surface area contributed by atoms with Crippen molar-refractivity contribution in [1.82, 2.24) is 9.80 Å². The molecule has 148 valence electrons. The normalized spacial score (nSPS) is 26.4. The Morgan fingerprint density at radius 2 is 1.32 bits per heavy atom. The first-order chi connectivity index (χ1) is 13.5. The van der Waals surface area contributed by atoms with E-state index in [1.54, 1.807) is 0 Å². The smallest absolute Gasteiger partial charge is 0.226 e. The second-order valence-electron chi connectivity index (χ2n) is 8.98. The minimum Gasteiger partial charge on any atom is -0.342 e. The van der Waals surface area contributed by atoms with Crippen LogP contribution < -0.4 is 0 Å². The number of rotatable bonds is 5. The number of hydrogen-bond acceptors (Lipinski definition) is 2. The maximum absolute atomic E-state index is 12.9. The molecule has 3 heteroatoms. The molecule has 0 saturated heterocycles. The van der Waals surface area contributed by atoms with Crippen molar-refractivity contribution in [1.29, 1.82) is 0 Å². The summed E-state index contributed by atoms with van der Waals surface area (Å²) >= 11 is 0. The van der Waals surface area contributed by atoms with Gasteiger partial charge in [0.25, 0.3) is 0 Å². The second kappa shape index (κ2) is 8.08. The van der Waals surface area contributed by atoms with Gasteiger partial charge in [-0.15, -0.1) is 0 Å². The van der Waals surface area contributed by atoms with Crippen molar-refractivity contribution in [2.75, 3.05) is 21.1 Å². The Hall–Kier alpha value is -2.13. The van der Waals surface area contributed by atoms with Crippen molar-refractivity contribution >= 4 is 5.91 Å². The molecule has 1 amide bonds. The molecule has 0 aliphatic heterocycles. The van der Waals surface area contributed by atoms with E-state index < -0.39 is 0 Å². The topological polar surface area (TPSA) is 23.6 Å². The van der Waals surface area contributed by atoms with Crippen LogP contribution in [-0.4, -0.2) is 48.9 Å². The summed E-state index contributed by atoms with van der Waals surface area (Å²) < 4.78 is 0. The van der Waals surface area contributed by atoms with E-state index in [2.05, 4.69) is 67.5 Å². The van der Waals surface area contributed by atoms with E-state index in [9.17, 15) is 4.79 Å². The monoisotopic (exact) mass is 376 g/mol. The molecule has 0 aromatic heterocycles. The third kappa shape index (κ3) is 4.00. The van der Waals surface area contributed by atoms with Crippen LogP contribution in [-0.2, 0) is 11.2 Å². The second-order valence-corrected chi connectivity index (χ2v) is 8.98. The largest absolute Gasteiger partial charge is 0.342 e. The Morgan fingerprint density at radius 3 is 1.89 bits per heavy atom. The van der Waals surface area contributed by atoms with Gasteiger partial charge in [0, 0.05) is 19.1 Å². The Morgan fingerprint density at radius 1 is 0.786 bits per heavy atom. The van der Waals surface area contributed by atoms with E-state index in [4.69, 9.17) is 0 Å². The van der Waals surface area contributed by atoms with Gasteiger partial charge in [-0.2, -0.15) is 0 Å². The van der Waals surface area contributed by atoms with Crippen molar-refractivity contribution < 1.29 is 4.79 Å². The summed E-state index contributed by atoms with van der Waals surface area (Å²) in [5.41, 5.74) is 3.51. The van der Waals surface area contributed by atoms with Gasteiger partial charge in [-0.3, -0.25) is 4.79 Å². The Balaban J connectivity index is 1.33. The van der Waals surface area contributed by atoms with Crippen LogP contribution >= 0.6 is 0 Å². The molecule has 0 spiro atoms. The Bertz CT molecular complexity index is 785. The Kier molecular flexibility index (Phi) is 5.54. The van der Waals surface area contributed by atoms with Crippen molar-refractivity contribution in [2.45, 2.75) is 44.2 Å². The first-order valence-corrected chi connectivity index (χ1v) is 10.6. The third-order valence-corrected chi connectivity index (χ3v) is 7.05. The van der Waals surface area contributed by atoms with Crippen LogP contribution in [0, 0.1) is 11.8 Å².